The SMILES string of the molecule is CC(O)CN(C(=O)CC(C)C(C)C)C(C)C. The standard InChI is InChI=1S/C13H27NO2/c1-9(2)11(5)7-13(16)14(10(3)4)8-12(6)15/h9-12,15H,7-8H2,1-6H3. The van der Waals surface area contributed by atoms with Crippen LogP contribution in [0.15, 0.2) is 0 Å². The number of aliphatic hydroxyl groups excluding tert-OH is 1. The van der Waals surface area contributed by atoms with Crippen LogP contribution in [0, 0.1) is 11.8 Å². The topological polar surface area (TPSA) is 40.5 Å². The van der Waals surface area contributed by atoms with Gasteiger partial charge >= 0.3 is 0 Å². The Bertz CT molecular complexity index is 212. The van der Waals surface area contributed by atoms with Gasteiger partial charge in [0.25, 0.3) is 0 Å². The summed E-state index contributed by atoms with van der Waals surface area (Å²) in [7, 11) is 0. The molecule has 0 aromatic heterocycles. The minimum absolute atomic E-state index is 0.150. The highest BCUT2D eigenvalue weighted by molar-refractivity contribution is 5.76. The first-order chi connectivity index (χ1) is 7.25. The molecule has 0 radical (unpaired) electrons. The zero-order valence-corrected chi connectivity index (χ0v) is 11.5. The molecule has 0 aliphatic carbocycles. The number of aliphatic hydroxyl groups is 1. The third kappa shape index (κ3) is 5.50. The molecule has 0 aromatic carbocycles. The van der Waals surface area contributed by atoms with Crippen molar-refractivity contribution in [3.63, 3.8) is 0 Å². The molecule has 1 amide bonds. The molecule has 0 rings (SSSR count). The highest BCUT2D eigenvalue weighted by Gasteiger charge is 2.21. The van der Waals surface area contributed by atoms with Crippen LogP contribution in [0.1, 0.15) is 48.0 Å². The fraction of sp³-hybridized carbons (Fsp3) is 0.923. The third-order valence-electron chi connectivity index (χ3n) is 3.04. The predicted molar refractivity (Wildman–Crippen MR) is 67.1 cm³/mol. The molecule has 16 heavy (non-hydrogen) atoms. The minimum Gasteiger partial charge on any atom is -0.392 e. The lowest BCUT2D eigenvalue weighted by Crippen LogP contribution is -2.42. The molecule has 3 heteroatoms. The lowest BCUT2D eigenvalue weighted by molar-refractivity contribution is -0.135. The molecule has 96 valence electrons. The minimum atomic E-state index is -0.458. The molecule has 0 aromatic rings. The molecule has 0 aliphatic heterocycles. The summed E-state index contributed by atoms with van der Waals surface area (Å²) in [6, 6.07) is 0.154. The van der Waals surface area contributed by atoms with Crippen LogP contribution in [0.2, 0.25) is 0 Å². The number of carbonyl (C=O) groups is 1. The molecular formula is C13H27NO2. The average molecular weight is 229 g/mol. The monoisotopic (exact) mass is 229 g/mol. The zero-order chi connectivity index (χ0) is 12.9. The van der Waals surface area contributed by atoms with Crippen molar-refractivity contribution in [2.75, 3.05) is 6.54 Å². The molecule has 0 spiro atoms. The average Bonchev–Trinajstić information content (AvgIpc) is 2.12. The molecule has 0 saturated carbocycles. The normalized spacial score (nSPS) is 15.3. The van der Waals surface area contributed by atoms with E-state index in [0.717, 1.165) is 0 Å². The van der Waals surface area contributed by atoms with Gasteiger partial charge in [0.2, 0.25) is 5.91 Å². The first kappa shape index (κ1) is 15.4. The van der Waals surface area contributed by atoms with E-state index < -0.39 is 6.10 Å². The Morgan fingerprint density at radius 1 is 1.12 bits per heavy atom. The third-order valence-corrected chi connectivity index (χ3v) is 3.04. The van der Waals surface area contributed by atoms with E-state index in [1.165, 1.54) is 0 Å². The van der Waals surface area contributed by atoms with Crippen molar-refractivity contribution in [1.29, 1.82) is 0 Å². The van der Waals surface area contributed by atoms with Gasteiger partial charge in [0.15, 0.2) is 0 Å². The fourth-order valence-corrected chi connectivity index (χ4v) is 1.51. The molecule has 0 bridgehead atoms. The van der Waals surface area contributed by atoms with Crippen LogP contribution in [0.25, 0.3) is 0 Å². The highest BCUT2D eigenvalue weighted by Crippen LogP contribution is 2.16. The van der Waals surface area contributed by atoms with Gasteiger partial charge in [0.1, 0.15) is 0 Å². The first-order valence-corrected chi connectivity index (χ1v) is 6.23. The Balaban J connectivity index is 4.39. The van der Waals surface area contributed by atoms with E-state index in [9.17, 15) is 9.90 Å². The number of nitrogens with zero attached hydrogens (tertiary/aromatic N) is 1. The molecule has 0 saturated heterocycles. The van der Waals surface area contributed by atoms with Crippen LogP contribution < -0.4 is 0 Å². The van der Waals surface area contributed by atoms with Crippen molar-refractivity contribution in [1.82, 2.24) is 4.90 Å². The van der Waals surface area contributed by atoms with Crippen molar-refractivity contribution < 1.29 is 9.90 Å². The van der Waals surface area contributed by atoms with Gasteiger partial charge in [-0.15, -0.1) is 0 Å². The lowest BCUT2D eigenvalue weighted by atomic mass is 9.94. The first-order valence-electron chi connectivity index (χ1n) is 6.23. The number of rotatable bonds is 6. The Morgan fingerprint density at radius 3 is 1.94 bits per heavy atom. The quantitative estimate of drug-likeness (QED) is 0.759. The van der Waals surface area contributed by atoms with Gasteiger partial charge in [0.05, 0.1) is 6.10 Å². The number of hydrogen-bond donors (Lipinski definition) is 1. The van der Waals surface area contributed by atoms with Gasteiger partial charge in [-0.25, -0.2) is 0 Å². The van der Waals surface area contributed by atoms with Gasteiger partial charge in [-0.05, 0) is 32.6 Å². The summed E-state index contributed by atoms with van der Waals surface area (Å²) in [5, 5.41) is 9.37. The Hall–Kier alpha value is -0.570. The van der Waals surface area contributed by atoms with Crippen molar-refractivity contribution in [2.24, 2.45) is 11.8 Å². The van der Waals surface area contributed by atoms with Crippen molar-refractivity contribution in [2.45, 2.75) is 60.1 Å². The maximum absolute atomic E-state index is 12.0. The maximum atomic E-state index is 12.0. The van der Waals surface area contributed by atoms with Crippen LogP contribution >= 0.6 is 0 Å². The maximum Gasteiger partial charge on any atom is 0.223 e. The van der Waals surface area contributed by atoms with Gasteiger partial charge in [0, 0.05) is 19.0 Å². The Labute approximate surface area is 99.8 Å². The van der Waals surface area contributed by atoms with E-state index in [2.05, 4.69) is 20.8 Å². The molecule has 2 atom stereocenters. The van der Waals surface area contributed by atoms with Crippen molar-refractivity contribution in [3.8, 4) is 0 Å². The second-order valence-corrected chi connectivity index (χ2v) is 5.41. The molecular weight excluding hydrogens is 202 g/mol. The van der Waals surface area contributed by atoms with E-state index in [1.807, 2.05) is 13.8 Å². The van der Waals surface area contributed by atoms with Gasteiger partial charge < -0.3 is 10.0 Å². The number of carbonyl (C=O) groups excluding carboxylic acids is 1. The van der Waals surface area contributed by atoms with Crippen LogP contribution in [0.4, 0.5) is 0 Å². The summed E-state index contributed by atoms with van der Waals surface area (Å²) in [5.41, 5.74) is 0. The van der Waals surface area contributed by atoms with Crippen molar-refractivity contribution in [3.05, 3.63) is 0 Å². The highest BCUT2D eigenvalue weighted by atomic mass is 16.3. The predicted octanol–water partition coefficient (Wildman–Crippen LogP) is 2.29. The second-order valence-electron chi connectivity index (χ2n) is 5.41. The largest absolute Gasteiger partial charge is 0.392 e. The molecule has 0 aliphatic rings. The second kappa shape index (κ2) is 6.89. The van der Waals surface area contributed by atoms with E-state index in [4.69, 9.17) is 0 Å². The summed E-state index contributed by atoms with van der Waals surface area (Å²) in [4.78, 5) is 13.8. The van der Waals surface area contributed by atoms with Crippen LogP contribution in [0.3, 0.4) is 0 Å². The number of amides is 1. The van der Waals surface area contributed by atoms with Gasteiger partial charge in [-0.2, -0.15) is 0 Å². The zero-order valence-electron chi connectivity index (χ0n) is 11.5. The lowest BCUT2D eigenvalue weighted by Gasteiger charge is -2.29. The molecule has 2 unspecified atom stereocenters. The summed E-state index contributed by atoms with van der Waals surface area (Å²) < 4.78 is 0. The van der Waals surface area contributed by atoms with E-state index in [1.54, 1.807) is 11.8 Å². The summed E-state index contributed by atoms with van der Waals surface area (Å²) in [6.45, 7) is 12.5. The summed E-state index contributed by atoms with van der Waals surface area (Å²) >= 11 is 0. The molecule has 1 N–H and O–H groups in total. The molecule has 3 nitrogen and oxygen atoms in total. The van der Waals surface area contributed by atoms with E-state index in [0.29, 0.717) is 24.8 Å². The Morgan fingerprint density at radius 2 is 1.62 bits per heavy atom. The van der Waals surface area contributed by atoms with Crippen molar-refractivity contribution >= 4 is 5.91 Å². The van der Waals surface area contributed by atoms with Crippen LogP contribution in [-0.2, 0) is 4.79 Å². The molecule has 0 heterocycles. The van der Waals surface area contributed by atoms with Crippen LogP contribution in [0.5, 0.6) is 0 Å². The molecule has 0 fully saturated rings. The summed E-state index contributed by atoms with van der Waals surface area (Å²) in [5.74, 6) is 1.06. The fourth-order valence-electron chi connectivity index (χ4n) is 1.51. The summed E-state index contributed by atoms with van der Waals surface area (Å²) in [6.07, 6.45) is 0.114. The van der Waals surface area contributed by atoms with E-state index in [-0.39, 0.29) is 11.9 Å². The smallest absolute Gasteiger partial charge is 0.223 e. The van der Waals surface area contributed by atoms with Gasteiger partial charge in [-0.1, -0.05) is 20.8 Å². The van der Waals surface area contributed by atoms with Crippen LogP contribution in [-0.4, -0.2) is 34.6 Å². The Kier molecular flexibility index (Phi) is 6.65. The van der Waals surface area contributed by atoms with Gasteiger partial charge in [-0.3, -0.25) is 4.79 Å². The van der Waals surface area contributed by atoms with E-state index >= 15 is 0 Å². The number of hydrogen-bond acceptors (Lipinski definition) is 2.